The summed E-state index contributed by atoms with van der Waals surface area (Å²) in [5, 5.41) is 8.53. The monoisotopic (exact) mass is 188 g/mol. The van der Waals surface area contributed by atoms with Gasteiger partial charge in [0.15, 0.2) is 0 Å². The number of carboxylic acids is 1. The van der Waals surface area contributed by atoms with Crippen molar-refractivity contribution in [2.24, 2.45) is 0 Å². The van der Waals surface area contributed by atoms with Crippen molar-refractivity contribution in [2.75, 3.05) is 0 Å². The number of hydrogen-bond acceptors (Lipinski definition) is 1. The molecule has 0 spiro atoms. The molecule has 0 amide bonds. The van der Waals surface area contributed by atoms with Crippen LogP contribution in [0.5, 0.6) is 0 Å². The lowest BCUT2D eigenvalue weighted by Crippen LogP contribution is -2.25. The Morgan fingerprint density at radius 1 is 1.54 bits per heavy atom. The molecule has 2 nitrogen and oxygen atoms in total. The highest BCUT2D eigenvalue weighted by atomic mass is 19.1. The fourth-order valence-corrected chi connectivity index (χ4v) is 1.08. The minimum Gasteiger partial charge on any atom is -0.478 e. The van der Waals surface area contributed by atoms with Crippen molar-refractivity contribution >= 4 is 5.97 Å². The lowest BCUT2D eigenvalue weighted by Gasteiger charge is -2.19. The summed E-state index contributed by atoms with van der Waals surface area (Å²) in [4.78, 5) is 10.4. The van der Waals surface area contributed by atoms with Crippen LogP contribution in [0.15, 0.2) is 12.2 Å². The molecule has 0 aromatic carbocycles. The highest BCUT2D eigenvalue weighted by Crippen LogP contribution is 2.26. The summed E-state index contributed by atoms with van der Waals surface area (Å²) in [6.45, 7) is 6.52. The Hall–Kier alpha value is -0.860. The van der Waals surface area contributed by atoms with Gasteiger partial charge < -0.3 is 5.11 Å². The molecule has 0 aliphatic carbocycles. The molecule has 13 heavy (non-hydrogen) atoms. The summed E-state index contributed by atoms with van der Waals surface area (Å²) < 4.78 is 13.6. The number of carboxylic acid groups (broad SMARTS) is 1. The standard InChI is InChI=1S/C10H17FO2/c1-4-5-6-7-10(3,11)8(2)9(12)13/h2,4-7H2,1,3H3,(H,12,13). The van der Waals surface area contributed by atoms with Crippen LogP contribution >= 0.6 is 0 Å². The van der Waals surface area contributed by atoms with Gasteiger partial charge in [0, 0.05) is 0 Å². The highest BCUT2D eigenvalue weighted by Gasteiger charge is 2.30. The largest absolute Gasteiger partial charge is 0.478 e. The number of unbranched alkanes of at least 4 members (excludes halogenated alkanes) is 2. The van der Waals surface area contributed by atoms with Gasteiger partial charge in [0.25, 0.3) is 0 Å². The van der Waals surface area contributed by atoms with E-state index in [0.29, 0.717) is 6.42 Å². The van der Waals surface area contributed by atoms with Crippen LogP contribution in [-0.4, -0.2) is 16.7 Å². The number of hydrogen-bond donors (Lipinski definition) is 1. The van der Waals surface area contributed by atoms with Gasteiger partial charge in [-0.1, -0.05) is 26.3 Å². The molecule has 0 aliphatic rings. The number of rotatable bonds is 6. The van der Waals surface area contributed by atoms with Crippen LogP contribution in [0.4, 0.5) is 4.39 Å². The Labute approximate surface area is 78.5 Å². The summed E-state index contributed by atoms with van der Waals surface area (Å²) in [6, 6.07) is 0. The maximum atomic E-state index is 13.6. The van der Waals surface area contributed by atoms with E-state index in [2.05, 4.69) is 6.58 Å². The van der Waals surface area contributed by atoms with Crippen LogP contribution in [0.2, 0.25) is 0 Å². The summed E-state index contributed by atoms with van der Waals surface area (Å²) in [7, 11) is 0. The molecule has 0 rings (SSSR count). The fourth-order valence-electron chi connectivity index (χ4n) is 1.08. The van der Waals surface area contributed by atoms with Gasteiger partial charge in [-0.2, -0.15) is 0 Å². The molecule has 3 heteroatoms. The zero-order chi connectivity index (χ0) is 10.5. The van der Waals surface area contributed by atoms with Crippen molar-refractivity contribution in [1.29, 1.82) is 0 Å². The highest BCUT2D eigenvalue weighted by molar-refractivity contribution is 5.88. The first-order chi connectivity index (χ1) is 5.91. The second-order valence-electron chi connectivity index (χ2n) is 3.44. The summed E-state index contributed by atoms with van der Waals surface area (Å²) in [5.41, 5.74) is -2.11. The molecular formula is C10H17FO2. The van der Waals surface area contributed by atoms with Crippen LogP contribution in [0.1, 0.15) is 39.5 Å². The summed E-state index contributed by atoms with van der Waals surface area (Å²) in [6.07, 6.45) is 2.86. The molecule has 0 aromatic rings. The SMILES string of the molecule is C=C(C(=O)O)C(C)(F)CCCCC. The lowest BCUT2D eigenvalue weighted by molar-refractivity contribution is -0.134. The molecule has 0 aromatic heterocycles. The van der Waals surface area contributed by atoms with E-state index in [4.69, 9.17) is 5.11 Å². The predicted molar refractivity (Wildman–Crippen MR) is 50.4 cm³/mol. The Morgan fingerprint density at radius 3 is 2.46 bits per heavy atom. The van der Waals surface area contributed by atoms with Gasteiger partial charge in [-0.15, -0.1) is 0 Å². The molecule has 0 heterocycles. The first-order valence-electron chi connectivity index (χ1n) is 4.53. The van der Waals surface area contributed by atoms with Crippen molar-refractivity contribution < 1.29 is 14.3 Å². The molecule has 1 unspecified atom stereocenters. The minimum atomic E-state index is -1.76. The normalized spacial score (nSPS) is 15.0. The van der Waals surface area contributed by atoms with Gasteiger partial charge in [0.05, 0.1) is 5.57 Å². The third-order valence-corrected chi connectivity index (χ3v) is 2.14. The van der Waals surface area contributed by atoms with Gasteiger partial charge in [0.2, 0.25) is 0 Å². The topological polar surface area (TPSA) is 37.3 Å². The number of carbonyl (C=O) groups is 1. The number of alkyl halides is 1. The Balaban J connectivity index is 4.06. The lowest BCUT2D eigenvalue weighted by atomic mass is 9.93. The molecular weight excluding hydrogens is 171 g/mol. The van der Waals surface area contributed by atoms with Crippen LogP contribution in [-0.2, 0) is 4.79 Å². The maximum absolute atomic E-state index is 13.6. The van der Waals surface area contributed by atoms with E-state index in [1.807, 2.05) is 6.92 Å². The molecule has 0 radical (unpaired) electrons. The first-order valence-corrected chi connectivity index (χ1v) is 4.53. The van der Waals surface area contributed by atoms with E-state index in [-0.39, 0.29) is 12.0 Å². The number of aliphatic carboxylic acids is 1. The van der Waals surface area contributed by atoms with Crippen molar-refractivity contribution in [3.8, 4) is 0 Å². The van der Waals surface area contributed by atoms with Crippen LogP contribution in [0, 0.1) is 0 Å². The third kappa shape index (κ3) is 4.06. The number of halogens is 1. The van der Waals surface area contributed by atoms with Crippen LogP contribution in [0.3, 0.4) is 0 Å². The Bertz CT molecular complexity index is 197. The summed E-state index contributed by atoms with van der Waals surface area (Å²) >= 11 is 0. The van der Waals surface area contributed by atoms with Crippen LogP contribution in [0.25, 0.3) is 0 Å². The van der Waals surface area contributed by atoms with Crippen molar-refractivity contribution in [2.45, 2.75) is 45.2 Å². The molecule has 76 valence electrons. The van der Waals surface area contributed by atoms with Crippen molar-refractivity contribution in [3.05, 3.63) is 12.2 Å². The van der Waals surface area contributed by atoms with Gasteiger partial charge in [-0.25, -0.2) is 9.18 Å². The quantitative estimate of drug-likeness (QED) is 0.514. The van der Waals surface area contributed by atoms with Gasteiger partial charge >= 0.3 is 5.97 Å². The van der Waals surface area contributed by atoms with E-state index in [1.54, 1.807) is 0 Å². The molecule has 0 saturated carbocycles. The molecule has 0 aliphatic heterocycles. The van der Waals surface area contributed by atoms with E-state index in [1.165, 1.54) is 6.92 Å². The molecule has 0 bridgehead atoms. The van der Waals surface area contributed by atoms with Crippen LogP contribution < -0.4 is 0 Å². The minimum absolute atomic E-state index is 0.242. The molecule has 1 atom stereocenters. The maximum Gasteiger partial charge on any atom is 0.334 e. The molecule has 1 N–H and O–H groups in total. The molecule has 0 fully saturated rings. The van der Waals surface area contributed by atoms with Crippen molar-refractivity contribution in [3.63, 3.8) is 0 Å². The summed E-state index contributed by atoms with van der Waals surface area (Å²) in [5.74, 6) is -1.25. The Kier molecular flexibility index (Phi) is 4.67. The average Bonchev–Trinajstić information content (AvgIpc) is 2.03. The second-order valence-corrected chi connectivity index (χ2v) is 3.44. The van der Waals surface area contributed by atoms with Crippen molar-refractivity contribution in [1.82, 2.24) is 0 Å². The van der Waals surface area contributed by atoms with Gasteiger partial charge in [-0.3, -0.25) is 0 Å². The molecule has 0 saturated heterocycles. The smallest absolute Gasteiger partial charge is 0.334 e. The van der Waals surface area contributed by atoms with Gasteiger partial charge in [0.1, 0.15) is 5.67 Å². The zero-order valence-corrected chi connectivity index (χ0v) is 8.27. The second kappa shape index (κ2) is 5.00. The third-order valence-electron chi connectivity index (χ3n) is 2.14. The average molecular weight is 188 g/mol. The van der Waals surface area contributed by atoms with E-state index >= 15 is 0 Å². The van der Waals surface area contributed by atoms with E-state index in [0.717, 1.165) is 12.8 Å². The predicted octanol–water partition coefficient (Wildman–Crippen LogP) is 2.94. The fraction of sp³-hybridized carbons (Fsp3) is 0.700. The zero-order valence-electron chi connectivity index (χ0n) is 8.27. The first kappa shape index (κ1) is 12.1. The Morgan fingerprint density at radius 2 is 2.08 bits per heavy atom. The van der Waals surface area contributed by atoms with E-state index in [9.17, 15) is 9.18 Å². The van der Waals surface area contributed by atoms with E-state index < -0.39 is 11.6 Å². The van der Waals surface area contributed by atoms with Gasteiger partial charge in [-0.05, 0) is 19.8 Å².